The van der Waals surface area contributed by atoms with Gasteiger partial charge in [-0.05, 0) is 57.5 Å². The van der Waals surface area contributed by atoms with Gasteiger partial charge in [0.1, 0.15) is 6.54 Å². The third kappa shape index (κ3) is 3.86. The zero-order valence-corrected chi connectivity index (χ0v) is 18.9. The maximum atomic E-state index is 12.9. The minimum atomic E-state index is -1.05. The molecule has 2 aromatic carbocycles. The average molecular weight is 444 g/mol. The molecule has 0 fully saturated rings. The highest BCUT2D eigenvalue weighted by Crippen LogP contribution is 2.22. The molecule has 168 valence electrons. The lowest BCUT2D eigenvalue weighted by molar-refractivity contribution is -0.146. The highest BCUT2D eigenvalue weighted by Gasteiger charge is 2.26. The smallest absolute Gasteiger partial charge is 0.326 e. The Kier molecular flexibility index (Phi) is 5.72. The SMILES string of the molecule is CC(=O)c1c(C)[nH]c(C(=O)[C@@H](C)OC(=O)Cn2c3ccccc3c(=O)c3ccccc32)c1C. The van der Waals surface area contributed by atoms with E-state index in [9.17, 15) is 19.2 Å². The van der Waals surface area contributed by atoms with Crippen LogP contribution in [-0.2, 0) is 16.1 Å². The molecule has 0 aliphatic rings. The number of esters is 1. The minimum absolute atomic E-state index is 0.103. The number of aryl methyl sites for hydroxylation is 1. The highest BCUT2D eigenvalue weighted by molar-refractivity contribution is 6.05. The number of fused-ring (bicyclic) bond motifs is 2. The second-order valence-corrected chi connectivity index (χ2v) is 8.13. The predicted octanol–water partition coefficient (Wildman–Crippen LogP) is 4.12. The summed E-state index contributed by atoms with van der Waals surface area (Å²) in [7, 11) is 0. The number of ether oxygens (including phenoxy) is 1. The van der Waals surface area contributed by atoms with Crippen molar-refractivity contribution in [2.24, 2.45) is 0 Å². The number of aromatic amines is 1. The number of aromatic nitrogens is 2. The van der Waals surface area contributed by atoms with Crippen LogP contribution in [0.2, 0.25) is 0 Å². The fourth-order valence-corrected chi connectivity index (χ4v) is 4.39. The molecule has 2 heterocycles. The molecule has 0 saturated carbocycles. The fraction of sp³-hybridized carbons (Fsp3) is 0.231. The van der Waals surface area contributed by atoms with Crippen LogP contribution < -0.4 is 5.43 Å². The van der Waals surface area contributed by atoms with Crippen LogP contribution in [-0.4, -0.2) is 33.2 Å². The van der Waals surface area contributed by atoms with Crippen LogP contribution in [0.1, 0.15) is 46.0 Å². The Morgan fingerprint density at radius 2 is 1.52 bits per heavy atom. The number of carbonyl (C=O) groups excluding carboxylic acids is 3. The van der Waals surface area contributed by atoms with Crippen molar-refractivity contribution in [1.82, 2.24) is 9.55 Å². The Morgan fingerprint density at radius 3 is 2.03 bits per heavy atom. The number of para-hydroxylation sites is 2. The van der Waals surface area contributed by atoms with Crippen LogP contribution >= 0.6 is 0 Å². The number of hydrogen-bond donors (Lipinski definition) is 1. The summed E-state index contributed by atoms with van der Waals surface area (Å²) in [5.74, 6) is -1.16. The first kappa shape index (κ1) is 22.2. The lowest BCUT2D eigenvalue weighted by Gasteiger charge is -2.17. The summed E-state index contributed by atoms with van der Waals surface area (Å²) in [4.78, 5) is 53.5. The van der Waals surface area contributed by atoms with E-state index < -0.39 is 17.9 Å². The Hall–Kier alpha value is -4.00. The third-order valence-corrected chi connectivity index (χ3v) is 5.88. The lowest BCUT2D eigenvalue weighted by Crippen LogP contribution is -2.28. The molecule has 4 rings (SSSR count). The van der Waals surface area contributed by atoms with Gasteiger partial charge in [-0.3, -0.25) is 19.2 Å². The van der Waals surface area contributed by atoms with Crippen molar-refractivity contribution in [1.29, 1.82) is 0 Å². The molecule has 0 bridgehead atoms. The van der Waals surface area contributed by atoms with Crippen LogP contribution in [0.25, 0.3) is 21.8 Å². The third-order valence-electron chi connectivity index (χ3n) is 5.88. The second-order valence-electron chi connectivity index (χ2n) is 8.13. The van der Waals surface area contributed by atoms with Gasteiger partial charge in [0.25, 0.3) is 0 Å². The summed E-state index contributed by atoms with van der Waals surface area (Å²) in [6.07, 6.45) is -1.05. The largest absolute Gasteiger partial charge is 0.453 e. The van der Waals surface area contributed by atoms with Crippen molar-refractivity contribution in [3.8, 4) is 0 Å². The molecule has 0 spiro atoms. The number of H-pyrrole nitrogens is 1. The monoisotopic (exact) mass is 444 g/mol. The van der Waals surface area contributed by atoms with E-state index in [2.05, 4.69) is 4.98 Å². The molecule has 0 radical (unpaired) electrons. The Bertz CT molecular complexity index is 1430. The second kappa shape index (κ2) is 8.50. The summed E-state index contributed by atoms with van der Waals surface area (Å²) in [6.45, 7) is 6.20. The van der Waals surface area contributed by atoms with E-state index in [4.69, 9.17) is 4.74 Å². The van der Waals surface area contributed by atoms with E-state index in [0.717, 1.165) is 0 Å². The van der Waals surface area contributed by atoms with Crippen LogP contribution in [0.4, 0.5) is 0 Å². The van der Waals surface area contributed by atoms with Crippen molar-refractivity contribution in [2.75, 3.05) is 0 Å². The van der Waals surface area contributed by atoms with E-state index in [1.165, 1.54) is 13.8 Å². The van der Waals surface area contributed by atoms with Gasteiger partial charge in [-0.2, -0.15) is 0 Å². The fourth-order valence-electron chi connectivity index (χ4n) is 4.39. The van der Waals surface area contributed by atoms with Crippen LogP contribution in [0.15, 0.2) is 53.3 Å². The topological polar surface area (TPSA) is 98.2 Å². The number of carbonyl (C=O) groups is 3. The Balaban J connectivity index is 1.64. The van der Waals surface area contributed by atoms with Gasteiger partial charge in [0.15, 0.2) is 17.3 Å². The molecular formula is C26H24N2O5. The number of hydrogen-bond acceptors (Lipinski definition) is 5. The zero-order chi connectivity index (χ0) is 23.9. The average Bonchev–Trinajstić information content (AvgIpc) is 3.09. The van der Waals surface area contributed by atoms with E-state index in [0.29, 0.717) is 38.6 Å². The summed E-state index contributed by atoms with van der Waals surface area (Å²) < 4.78 is 7.20. The molecule has 2 aromatic heterocycles. The molecule has 0 amide bonds. The van der Waals surface area contributed by atoms with Crippen molar-refractivity contribution in [2.45, 2.75) is 40.3 Å². The number of nitrogens with one attached hydrogen (secondary N) is 1. The first-order valence-corrected chi connectivity index (χ1v) is 10.6. The summed E-state index contributed by atoms with van der Waals surface area (Å²) >= 11 is 0. The van der Waals surface area contributed by atoms with Crippen molar-refractivity contribution in [3.63, 3.8) is 0 Å². The predicted molar refractivity (Wildman–Crippen MR) is 126 cm³/mol. The molecule has 33 heavy (non-hydrogen) atoms. The minimum Gasteiger partial charge on any atom is -0.453 e. The molecule has 0 saturated heterocycles. The van der Waals surface area contributed by atoms with Gasteiger partial charge in [0.2, 0.25) is 5.78 Å². The first-order chi connectivity index (χ1) is 15.7. The zero-order valence-electron chi connectivity index (χ0n) is 18.9. The molecule has 0 aliphatic carbocycles. The molecule has 1 atom stereocenters. The molecule has 7 heteroatoms. The van der Waals surface area contributed by atoms with Gasteiger partial charge in [-0.15, -0.1) is 0 Å². The first-order valence-electron chi connectivity index (χ1n) is 10.6. The molecule has 7 nitrogen and oxygen atoms in total. The number of ketones is 2. The summed E-state index contributed by atoms with van der Waals surface area (Å²) in [5.41, 5.74) is 3.00. The normalized spacial score (nSPS) is 12.1. The standard InChI is InChI=1S/C26H24N2O5/c1-14-23(16(3)29)15(2)27-24(14)25(31)17(4)33-22(30)13-28-20-11-7-5-9-18(20)26(32)19-10-6-8-12-21(19)28/h5-12,17,27H,13H2,1-4H3/t17-/m1/s1. The van der Waals surface area contributed by atoms with Gasteiger partial charge in [-0.25, -0.2) is 0 Å². The summed E-state index contributed by atoms with van der Waals surface area (Å²) in [5, 5.41) is 1.00. The molecule has 4 aromatic rings. The van der Waals surface area contributed by atoms with Gasteiger partial charge >= 0.3 is 5.97 Å². The molecule has 1 N–H and O–H groups in total. The molecular weight excluding hydrogens is 420 g/mol. The lowest BCUT2D eigenvalue weighted by atomic mass is 10.0. The van der Waals surface area contributed by atoms with E-state index in [1.54, 1.807) is 66.9 Å². The van der Waals surface area contributed by atoms with Crippen LogP contribution in [0.3, 0.4) is 0 Å². The van der Waals surface area contributed by atoms with E-state index >= 15 is 0 Å². The van der Waals surface area contributed by atoms with Gasteiger partial charge in [-0.1, -0.05) is 24.3 Å². The van der Waals surface area contributed by atoms with Gasteiger partial charge in [0.05, 0.1) is 16.7 Å². The molecule has 0 unspecified atom stereocenters. The van der Waals surface area contributed by atoms with Crippen molar-refractivity contribution >= 4 is 39.3 Å². The number of rotatable bonds is 6. The van der Waals surface area contributed by atoms with Crippen LogP contribution in [0, 0.1) is 13.8 Å². The maximum absolute atomic E-state index is 12.9. The Labute approximate surface area is 190 Å². The van der Waals surface area contributed by atoms with Crippen LogP contribution in [0.5, 0.6) is 0 Å². The summed E-state index contributed by atoms with van der Waals surface area (Å²) in [6, 6.07) is 14.2. The quantitative estimate of drug-likeness (QED) is 0.274. The maximum Gasteiger partial charge on any atom is 0.326 e. The number of pyridine rings is 1. The molecule has 0 aliphatic heterocycles. The highest BCUT2D eigenvalue weighted by atomic mass is 16.5. The number of benzene rings is 2. The van der Waals surface area contributed by atoms with Gasteiger partial charge in [0, 0.05) is 22.0 Å². The van der Waals surface area contributed by atoms with Crippen molar-refractivity contribution < 1.29 is 19.1 Å². The van der Waals surface area contributed by atoms with Crippen molar-refractivity contribution in [3.05, 3.63) is 81.3 Å². The van der Waals surface area contributed by atoms with E-state index in [1.807, 2.05) is 0 Å². The van der Waals surface area contributed by atoms with E-state index in [-0.39, 0.29) is 23.5 Å². The number of Topliss-reactive ketones (excluding diaryl/α,β-unsaturated/α-hetero) is 2. The number of nitrogens with zero attached hydrogens (tertiary/aromatic N) is 1. The van der Waals surface area contributed by atoms with Gasteiger partial charge < -0.3 is 14.3 Å². The Morgan fingerprint density at radius 1 is 0.970 bits per heavy atom.